The van der Waals surface area contributed by atoms with E-state index in [4.69, 9.17) is 22.9 Å². The number of hydrogen-bond donors (Lipinski definition) is 7. The van der Waals surface area contributed by atoms with Crippen molar-refractivity contribution in [2.24, 2.45) is 33.8 Å². The van der Waals surface area contributed by atoms with E-state index in [-0.39, 0.29) is 31.3 Å². The standard InChI is InChI=1S/C23H36N8O3/c1-13(2)10-19(20(25)32)31-22(34)18(8-5-9-28-23(26)27)30-21(33)16(24)11-14-12-29-17-7-4-3-6-15(14)17/h3-4,6-7,12-13,16,18-19,29H,5,8-11,24H2,1-2H3,(H2,25,32)(H,30,33)(H,31,34)(H4,26,27,28)/t16-,18+,19+/m1/s1. The van der Waals surface area contributed by atoms with E-state index in [2.05, 4.69) is 20.6 Å². The number of amides is 3. The number of nitrogens with zero attached hydrogens (tertiary/aromatic N) is 1. The number of nitrogens with one attached hydrogen (secondary N) is 3. The van der Waals surface area contributed by atoms with Gasteiger partial charge in [0, 0.05) is 23.6 Å². The second-order valence-corrected chi connectivity index (χ2v) is 8.77. The van der Waals surface area contributed by atoms with Gasteiger partial charge in [0.2, 0.25) is 17.7 Å². The number of fused-ring (bicyclic) bond motifs is 1. The molecule has 1 aromatic heterocycles. The van der Waals surface area contributed by atoms with Gasteiger partial charge in [-0.3, -0.25) is 19.4 Å². The Balaban J connectivity index is 2.08. The molecule has 3 amide bonds. The Hall–Kier alpha value is -3.60. The van der Waals surface area contributed by atoms with Crippen molar-refractivity contribution in [3.05, 3.63) is 36.0 Å². The smallest absolute Gasteiger partial charge is 0.243 e. The van der Waals surface area contributed by atoms with Crippen molar-refractivity contribution in [2.45, 2.75) is 57.7 Å². The minimum atomic E-state index is -0.926. The lowest BCUT2D eigenvalue weighted by atomic mass is 10.0. The van der Waals surface area contributed by atoms with Gasteiger partial charge in [-0.25, -0.2) is 0 Å². The Bertz CT molecular complexity index is 1010. The number of para-hydroxylation sites is 1. The molecule has 0 unspecified atom stereocenters. The van der Waals surface area contributed by atoms with E-state index in [0.29, 0.717) is 12.8 Å². The minimum absolute atomic E-state index is 0.0588. The van der Waals surface area contributed by atoms with Crippen molar-refractivity contribution in [3.63, 3.8) is 0 Å². The summed E-state index contributed by atoms with van der Waals surface area (Å²) in [6, 6.07) is 5.07. The first-order valence-electron chi connectivity index (χ1n) is 11.3. The van der Waals surface area contributed by atoms with Gasteiger partial charge in [0.15, 0.2) is 5.96 Å². The number of guanidine groups is 1. The summed E-state index contributed by atoms with van der Waals surface area (Å²) >= 11 is 0. The Morgan fingerprint density at radius 3 is 2.35 bits per heavy atom. The van der Waals surface area contributed by atoms with Crippen LogP contribution in [0.1, 0.15) is 38.7 Å². The molecule has 11 nitrogen and oxygen atoms in total. The molecule has 1 aromatic carbocycles. The predicted molar refractivity (Wildman–Crippen MR) is 132 cm³/mol. The van der Waals surface area contributed by atoms with Crippen LogP contribution in [0.15, 0.2) is 35.5 Å². The number of hydrogen-bond acceptors (Lipinski definition) is 5. The maximum atomic E-state index is 13.0. The third kappa shape index (κ3) is 8.07. The van der Waals surface area contributed by atoms with Crippen molar-refractivity contribution in [2.75, 3.05) is 6.54 Å². The first-order chi connectivity index (χ1) is 16.1. The second kappa shape index (κ2) is 12.6. The third-order valence-electron chi connectivity index (χ3n) is 5.40. The van der Waals surface area contributed by atoms with Gasteiger partial charge in [-0.2, -0.15) is 0 Å². The van der Waals surface area contributed by atoms with Gasteiger partial charge in [0.25, 0.3) is 0 Å². The zero-order chi connectivity index (χ0) is 25.3. The van der Waals surface area contributed by atoms with Crippen LogP contribution >= 0.6 is 0 Å². The van der Waals surface area contributed by atoms with Crippen molar-refractivity contribution in [1.29, 1.82) is 0 Å². The van der Waals surface area contributed by atoms with Crippen molar-refractivity contribution >= 4 is 34.6 Å². The molecule has 0 fully saturated rings. The van der Waals surface area contributed by atoms with Crippen LogP contribution in [-0.4, -0.2) is 53.3 Å². The highest BCUT2D eigenvalue weighted by Crippen LogP contribution is 2.19. The van der Waals surface area contributed by atoms with Crippen molar-refractivity contribution in [1.82, 2.24) is 15.6 Å². The van der Waals surface area contributed by atoms with Crippen LogP contribution in [0.3, 0.4) is 0 Å². The molecule has 2 aromatic rings. The Morgan fingerprint density at radius 2 is 1.71 bits per heavy atom. The highest BCUT2D eigenvalue weighted by Gasteiger charge is 2.27. The van der Waals surface area contributed by atoms with Gasteiger partial charge >= 0.3 is 0 Å². The van der Waals surface area contributed by atoms with E-state index in [1.165, 1.54) is 0 Å². The number of H-pyrrole nitrogens is 1. The van der Waals surface area contributed by atoms with Gasteiger partial charge in [0.1, 0.15) is 12.1 Å². The molecule has 0 bridgehead atoms. The van der Waals surface area contributed by atoms with Crippen LogP contribution in [0, 0.1) is 5.92 Å². The molecule has 0 aliphatic rings. The summed E-state index contributed by atoms with van der Waals surface area (Å²) in [4.78, 5) is 44.7. The topological polar surface area (TPSA) is 208 Å². The summed E-state index contributed by atoms with van der Waals surface area (Å²) in [6.45, 7) is 4.12. The molecule has 34 heavy (non-hydrogen) atoms. The van der Waals surface area contributed by atoms with Crippen LogP contribution in [0.4, 0.5) is 0 Å². The number of rotatable bonds is 13. The molecular weight excluding hydrogens is 436 g/mol. The monoisotopic (exact) mass is 472 g/mol. The molecule has 2 rings (SSSR count). The summed E-state index contributed by atoms with van der Waals surface area (Å²) in [5.41, 5.74) is 24.2. The van der Waals surface area contributed by atoms with E-state index < -0.39 is 35.8 Å². The Kier molecular flexibility index (Phi) is 9.87. The van der Waals surface area contributed by atoms with E-state index in [1.54, 1.807) is 0 Å². The molecule has 1 heterocycles. The molecule has 0 saturated heterocycles. The molecule has 0 radical (unpaired) electrons. The molecular formula is C23H36N8O3. The maximum absolute atomic E-state index is 13.0. The third-order valence-corrected chi connectivity index (χ3v) is 5.40. The second-order valence-electron chi connectivity index (χ2n) is 8.77. The normalized spacial score (nSPS) is 13.8. The van der Waals surface area contributed by atoms with Gasteiger partial charge in [-0.05, 0) is 43.2 Å². The molecule has 0 spiro atoms. The Labute approximate surface area is 199 Å². The number of carbonyl (C=O) groups excluding carboxylic acids is 3. The lowest BCUT2D eigenvalue weighted by Crippen LogP contribution is -2.55. The SMILES string of the molecule is CC(C)C[C@H](NC(=O)[C@H](CCCN=C(N)N)NC(=O)[C@H](N)Cc1c[nH]c2ccccc12)C(N)=O. The number of aliphatic imine (C=N–C) groups is 1. The number of primary amides is 1. The molecule has 3 atom stereocenters. The summed E-state index contributed by atoms with van der Waals surface area (Å²) in [5, 5.41) is 6.35. The van der Waals surface area contributed by atoms with Crippen LogP contribution in [-0.2, 0) is 20.8 Å². The lowest BCUT2D eigenvalue weighted by Gasteiger charge is -2.24. The van der Waals surface area contributed by atoms with Crippen molar-refractivity contribution < 1.29 is 14.4 Å². The molecule has 0 aliphatic heterocycles. The van der Waals surface area contributed by atoms with Gasteiger partial charge in [-0.1, -0.05) is 32.0 Å². The number of benzene rings is 1. The summed E-state index contributed by atoms with van der Waals surface area (Å²) in [5.74, 6) is -1.55. The number of nitrogens with two attached hydrogens (primary N) is 4. The van der Waals surface area contributed by atoms with Crippen LogP contribution in [0.5, 0.6) is 0 Å². The zero-order valence-corrected chi connectivity index (χ0v) is 19.7. The average molecular weight is 473 g/mol. The first-order valence-corrected chi connectivity index (χ1v) is 11.3. The fourth-order valence-corrected chi connectivity index (χ4v) is 3.67. The Morgan fingerprint density at radius 1 is 1.03 bits per heavy atom. The molecule has 0 saturated carbocycles. The number of aromatic nitrogens is 1. The highest BCUT2D eigenvalue weighted by molar-refractivity contribution is 5.93. The van der Waals surface area contributed by atoms with Gasteiger partial charge in [0.05, 0.1) is 6.04 Å². The lowest BCUT2D eigenvalue weighted by molar-refractivity contribution is -0.132. The largest absolute Gasteiger partial charge is 0.370 e. The summed E-state index contributed by atoms with van der Waals surface area (Å²) < 4.78 is 0. The highest BCUT2D eigenvalue weighted by atomic mass is 16.2. The van der Waals surface area contributed by atoms with Gasteiger partial charge < -0.3 is 38.6 Å². The van der Waals surface area contributed by atoms with E-state index in [1.807, 2.05) is 44.3 Å². The summed E-state index contributed by atoms with van der Waals surface area (Å²) in [7, 11) is 0. The first kappa shape index (κ1) is 26.7. The fraction of sp³-hybridized carbons (Fsp3) is 0.478. The van der Waals surface area contributed by atoms with Crippen molar-refractivity contribution in [3.8, 4) is 0 Å². The van der Waals surface area contributed by atoms with Crippen LogP contribution in [0.2, 0.25) is 0 Å². The number of aromatic amines is 1. The van der Waals surface area contributed by atoms with E-state index in [9.17, 15) is 14.4 Å². The summed E-state index contributed by atoms with van der Waals surface area (Å²) in [6.07, 6.45) is 3.17. The quantitative estimate of drug-likeness (QED) is 0.117. The fourth-order valence-electron chi connectivity index (χ4n) is 3.67. The molecule has 11 heteroatoms. The minimum Gasteiger partial charge on any atom is -0.370 e. The average Bonchev–Trinajstić information content (AvgIpc) is 3.17. The van der Waals surface area contributed by atoms with E-state index in [0.717, 1.165) is 16.5 Å². The molecule has 0 aliphatic carbocycles. The predicted octanol–water partition coefficient (Wildman–Crippen LogP) is -0.408. The number of carbonyl (C=O) groups is 3. The van der Waals surface area contributed by atoms with E-state index >= 15 is 0 Å². The van der Waals surface area contributed by atoms with Crippen LogP contribution < -0.4 is 33.6 Å². The van der Waals surface area contributed by atoms with Crippen LogP contribution in [0.25, 0.3) is 10.9 Å². The zero-order valence-electron chi connectivity index (χ0n) is 19.7. The van der Waals surface area contributed by atoms with Gasteiger partial charge in [-0.15, -0.1) is 0 Å². The maximum Gasteiger partial charge on any atom is 0.243 e. The molecule has 186 valence electrons. The molecule has 11 N–H and O–H groups in total.